The molecule has 5 nitrogen and oxygen atoms in total. The molecule has 0 aliphatic carbocycles. The molecule has 1 N–H and O–H groups in total. The molecular weight excluding hydrogens is 372 g/mol. The number of likely N-dealkylation sites (N-methyl/N-ethyl adjacent to an activating group) is 1. The molecule has 4 rings (SSSR count). The van der Waals surface area contributed by atoms with Gasteiger partial charge in [-0.1, -0.05) is 48.2 Å². The van der Waals surface area contributed by atoms with E-state index < -0.39 is 0 Å². The summed E-state index contributed by atoms with van der Waals surface area (Å²) in [6.45, 7) is 5.43. The number of carbonyl (C=O) groups is 1. The molecule has 3 aromatic rings. The van der Waals surface area contributed by atoms with Crippen molar-refractivity contribution >= 4 is 5.78 Å². The van der Waals surface area contributed by atoms with Gasteiger partial charge in [0.15, 0.2) is 5.78 Å². The van der Waals surface area contributed by atoms with Gasteiger partial charge in [-0.2, -0.15) is 5.10 Å². The average Bonchev–Trinajstić information content (AvgIpc) is 3.29. The van der Waals surface area contributed by atoms with Crippen LogP contribution in [-0.2, 0) is 13.0 Å². The Morgan fingerprint density at radius 3 is 2.47 bits per heavy atom. The molecule has 152 valence electrons. The Morgan fingerprint density at radius 1 is 1.00 bits per heavy atom. The second-order valence-electron chi connectivity index (χ2n) is 7.81. The predicted octanol–water partition coefficient (Wildman–Crippen LogP) is 2.98. The Hall–Kier alpha value is -3.20. The first-order valence-corrected chi connectivity index (χ1v) is 10.3. The summed E-state index contributed by atoms with van der Waals surface area (Å²) in [7, 11) is 2.17. The molecule has 1 saturated heterocycles. The van der Waals surface area contributed by atoms with Gasteiger partial charge in [0.1, 0.15) is 0 Å². The lowest BCUT2D eigenvalue weighted by molar-refractivity contribution is 0.0993. The number of Topliss-reactive ketones (excluding diaryl/α,β-unsaturated/α-hetero) is 1. The minimum atomic E-state index is 0.105. The molecule has 2 aromatic carbocycles. The van der Waals surface area contributed by atoms with Crippen LogP contribution in [0.4, 0.5) is 0 Å². The zero-order chi connectivity index (χ0) is 20.8. The van der Waals surface area contributed by atoms with Crippen LogP contribution in [0.2, 0.25) is 0 Å². The van der Waals surface area contributed by atoms with Crippen LogP contribution in [-0.4, -0.2) is 59.0 Å². The van der Waals surface area contributed by atoms with Crippen molar-refractivity contribution in [1.82, 2.24) is 20.0 Å². The van der Waals surface area contributed by atoms with E-state index in [2.05, 4.69) is 63.2 Å². The maximum atomic E-state index is 12.8. The maximum Gasteiger partial charge on any atom is 0.167 e. The molecule has 0 bridgehead atoms. The number of H-pyrrole nitrogens is 1. The number of aromatic amines is 1. The quantitative estimate of drug-likeness (QED) is 0.530. The van der Waals surface area contributed by atoms with E-state index in [0.29, 0.717) is 12.0 Å². The van der Waals surface area contributed by atoms with Gasteiger partial charge >= 0.3 is 0 Å². The molecule has 0 unspecified atom stereocenters. The number of carbonyl (C=O) groups excluding carboxylic acids is 1. The van der Waals surface area contributed by atoms with Gasteiger partial charge in [-0.3, -0.25) is 14.8 Å². The molecule has 5 heteroatoms. The van der Waals surface area contributed by atoms with E-state index in [1.165, 1.54) is 5.56 Å². The molecule has 0 atom stereocenters. The molecule has 1 aliphatic rings. The van der Waals surface area contributed by atoms with Gasteiger partial charge in [0.2, 0.25) is 0 Å². The molecule has 30 heavy (non-hydrogen) atoms. The Morgan fingerprint density at radius 2 is 1.73 bits per heavy atom. The number of ketones is 1. The summed E-state index contributed by atoms with van der Waals surface area (Å²) in [5.74, 6) is 6.23. The molecule has 1 aromatic heterocycles. The van der Waals surface area contributed by atoms with E-state index in [-0.39, 0.29) is 5.78 Å². The fourth-order valence-electron chi connectivity index (χ4n) is 3.55. The monoisotopic (exact) mass is 398 g/mol. The molecule has 1 fully saturated rings. The Kier molecular flexibility index (Phi) is 6.38. The molecular formula is C25H26N4O. The highest BCUT2D eigenvalue weighted by Gasteiger charge is 2.14. The maximum absolute atomic E-state index is 12.8. The average molecular weight is 399 g/mol. The third-order valence-electron chi connectivity index (χ3n) is 5.42. The third kappa shape index (κ3) is 5.44. The lowest BCUT2D eigenvalue weighted by atomic mass is 10.0. The van der Waals surface area contributed by atoms with E-state index in [1.807, 2.05) is 24.3 Å². The Bertz CT molecular complexity index is 1040. The van der Waals surface area contributed by atoms with E-state index in [4.69, 9.17) is 0 Å². The summed E-state index contributed by atoms with van der Waals surface area (Å²) < 4.78 is 0. The van der Waals surface area contributed by atoms with E-state index in [0.717, 1.165) is 49.4 Å². The van der Waals surface area contributed by atoms with E-state index in [1.54, 1.807) is 12.4 Å². The highest BCUT2D eigenvalue weighted by atomic mass is 16.1. The zero-order valence-electron chi connectivity index (χ0n) is 17.3. The highest BCUT2D eigenvalue weighted by Crippen LogP contribution is 2.13. The number of nitrogens with one attached hydrogen (secondary N) is 1. The highest BCUT2D eigenvalue weighted by molar-refractivity contribution is 5.97. The number of hydrogen-bond donors (Lipinski definition) is 1. The zero-order valence-corrected chi connectivity index (χ0v) is 17.3. The van der Waals surface area contributed by atoms with Crippen molar-refractivity contribution in [3.63, 3.8) is 0 Å². The first kappa shape index (κ1) is 20.1. The summed E-state index contributed by atoms with van der Waals surface area (Å²) in [5, 5.41) is 6.62. The van der Waals surface area contributed by atoms with Crippen LogP contribution in [0.1, 0.15) is 32.6 Å². The summed E-state index contributed by atoms with van der Waals surface area (Å²) in [6, 6.07) is 16.0. The number of piperazine rings is 1. The molecule has 0 saturated carbocycles. The molecule has 2 heterocycles. The lowest BCUT2D eigenvalue weighted by Gasteiger charge is -2.32. The first-order chi connectivity index (χ1) is 14.7. The van der Waals surface area contributed by atoms with Crippen molar-refractivity contribution in [2.24, 2.45) is 0 Å². The summed E-state index contributed by atoms with van der Waals surface area (Å²) in [4.78, 5) is 17.6. The van der Waals surface area contributed by atoms with Gasteiger partial charge in [-0.05, 0) is 30.3 Å². The summed E-state index contributed by atoms with van der Waals surface area (Å²) in [6.07, 6.45) is 3.82. The molecule has 1 aliphatic heterocycles. The van der Waals surface area contributed by atoms with Crippen molar-refractivity contribution < 1.29 is 4.79 Å². The summed E-state index contributed by atoms with van der Waals surface area (Å²) >= 11 is 0. The van der Waals surface area contributed by atoms with Crippen LogP contribution in [0.3, 0.4) is 0 Å². The van der Waals surface area contributed by atoms with Crippen LogP contribution in [0.15, 0.2) is 60.9 Å². The summed E-state index contributed by atoms with van der Waals surface area (Å²) in [5.41, 5.74) is 4.67. The van der Waals surface area contributed by atoms with Crippen molar-refractivity contribution in [1.29, 1.82) is 0 Å². The Labute approximate surface area is 177 Å². The molecule has 0 spiro atoms. The van der Waals surface area contributed by atoms with Crippen LogP contribution in [0.5, 0.6) is 0 Å². The van der Waals surface area contributed by atoms with Crippen molar-refractivity contribution in [2.75, 3.05) is 33.2 Å². The number of aromatic nitrogens is 2. The van der Waals surface area contributed by atoms with Crippen LogP contribution < -0.4 is 0 Å². The lowest BCUT2D eigenvalue weighted by Crippen LogP contribution is -2.43. The van der Waals surface area contributed by atoms with Crippen LogP contribution in [0.25, 0.3) is 0 Å². The van der Waals surface area contributed by atoms with Crippen LogP contribution >= 0.6 is 0 Å². The topological polar surface area (TPSA) is 52.2 Å². The fraction of sp³-hybridized carbons (Fsp3) is 0.280. The minimum absolute atomic E-state index is 0.105. The Balaban J connectivity index is 1.36. The van der Waals surface area contributed by atoms with E-state index in [9.17, 15) is 4.79 Å². The standard InChI is InChI=1S/C25H26N4O/c1-28-11-13-29(14-12-28)19-22-8-5-21(6-9-22)16-25(30)24-4-2-3-20(15-24)7-10-23-17-26-27-18-23/h2-6,8-9,15,17-18H,11-14,16,19H2,1H3,(H,26,27). The number of hydrogen-bond acceptors (Lipinski definition) is 4. The second kappa shape index (κ2) is 9.53. The van der Waals surface area contributed by atoms with Gasteiger partial charge in [0.25, 0.3) is 0 Å². The van der Waals surface area contributed by atoms with Gasteiger partial charge < -0.3 is 4.90 Å². The molecule has 0 amide bonds. The second-order valence-corrected chi connectivity index (χ2v) is 7.81. The normalized spacial score (nSPS) is 14.8. The fourth-order valence-corrected chi connectivity index (χ4v) is 3.55. The predicted molar refractivity (Wildman–Crippen MR) is 118 cm³/mol. The van der Waals surface area contributed by atoms with Gasteiger partial charge in [0, 0.05) is 56.5 Å². The smallest absolute Gasteiger partial charge is 0.167 e. The van der Waals surface area contributed by atoms with Crippen molar-refractivity contribution in [3.8, 4) is 11.8 Å². The first-order valence-electron chi connectivity index (χ1n) is 10.3. The SMILES string of the molecule is CN1CCN(Cc2ccc(CC(=O)c3cccc(C#Cc4cn[nH]c4)c3)cc2)CC1. The number of nitrogens with zero attached hydrogens (tertiary/aromatic N) is 3. The molecule has 0 radical (unpaired) electrons. The minimum Gasteiger partial charge on any atom is -0.304 e. The van der Waals surface area contributed by atoms with Crippen molar-refractivity contribution in [2.45, 2.75) is 13.0 Å². The van der Waals surface area contributed by atoms with Gasteiger partial charge in [-0.25, -0.2) is 0 Å². The van der Waals surface area contributed by atoms with E-state index >= 15 is 0 Å². The number of benzene rings is 2. The third-order valence-corrected chi connectivity index (χ3v) is 5.42. The van der Waals surface area contributed by atoms with Crippen LogP contribution in [0, 0.1) is 11.8 Å². The van der Waals surface area contributed by atoms with Crippen molar-refractivity contribution in [3.05, 3.63) is 88.7 Å². The number of rotatable bonds is 5. The largest absolute Gasteiger partial charge is 0.304 e. The van der Waals surface area contributed by atoms with Gasteiger partial charge in [0.05, 0.1) is 11.8 Å². The van der Waals surface area contributed by atoms with Gasteiger partial charge in [-0.15, -0.1) is 0 Å².